The highest BCUT2D eigenvalue weighted by Crippen LogP contribution is 2.43. The number of nitro groups is 1. The van der Waals surface area contributed by atoms with Gasteiger partial charge in [-0.2, -0.15) is 0 Å². The summed E-state index contributed by atoms with van der Waals surface area (Å²) in [7, 11) is 1.33. The van der Waals surface area contributed by atoms with Gasteiger partial charge in [0.1, 0.15) is 0 Å². The SMILES string of the molecule is CONC(=O)c1cc([N+](=O)[O-])cc(C2CC2)c1C. The largest absolute Gasteiger partial charge is 0.277 e. The Hall–Kier alpha value is -1.95. The Labute approximate surface area is 104 Å². The van der Waals surface area contributed by atoms with Gasteiger partial charge in [0.05, 0.1) is 17.6 Å². The van der Waals surface area contributed by atoms with Gasteiger partial charge >= 0.3 is 0 Å². The molecule has 0 radical (unpaired) electrons. The summed E-state index contributed by atoms with van der Waals surface area (Å²) in [5, 5.41) is 10.9. The van der Waals surface area contributed by atoms with Crippen LogP contribution >= 0.6 is 0 Å². The van der Waals surface area contributed by atoms with Crippen LogP contribution in [0.2, 0.25) is 0 Å². The molecule has 96 valence electrons. The normalized spacial score (nSPS) is 14.3. The quantitative estimate of drug-likeness (QED) is 0.655. The van der Waals surface area contributed by atoms with Crippen LogP contribution in [0.3, 0.4) is 0 Å². The van der Waals surface area contributed by atoms with Gasteiger partial charge in [0, 0.05) is 12.1 Å². The Bertz CT molecular complexity index is 509. The number of carbonyl (C=O) groups excluding carboxylic acids is 1. The van der Waals surface area contributed by atoms with Gasteiger partial charge in [-0.1, -0.05) is 0 Å². The van der Waals surface area contributed by atoms with E-state index < -0.39 is 10.8 Å². The maximum Gasteiger partial charge on any atom is 0.275 e. The summed E-state index contributed by atoms with van der Waals surface area (Å²) >= 11 is 0. The Balaban J connectivity index is 2.49. The molecule has 1 fully saturated rings. The first-order valence-corrected chi connectivity index (χ1v) is 5.67. The van der Waals surface area contributed by atoms with Gasteiger partial charge in [-0.05, 0) is 36.8 Å². The second kappa shape index (κ2) is 4.73. The predicted molar refractivity (Wildman–Crippen MR) is 64.3 cm³/mol. The second-order valence-corrected chi connectivity index (χ2v) is 4.37. The van der Waals surface area contributed by atoms with Crippen LogP contribution in [0, 0.1) is 17.0 Å². The Morgan fingerprint density at radius 1 is 1.50 bits per heavy atom. The summed E-state index contributed by atoms with van der Waals surface area (Å²) in [5.41, 5.74) is 4.12. The lowest BCUT2D eigenvalue weighted by molar-refractivity contribution is -0.385. The summed E-state index contributed by atoms with van der Waals surface area (Å²) in [6.07, 6.45) is 2.04. The number of nitrogens with one attached hydrogen (secondary N) is 1. The summed E-state index contributed by atoms with van der Waals surface area (Å²) < 4.78 is 0. The van der Waals surface area contributed by atoms with Gasteiger partial charge in [-0.25, -0.2) is 5.48 Å². The van der Waals surface area contributed by atoms with E-state index in [2.05, 4.69) is 10.3 Å². The van der Waals surface area contributed by atoms with Crippen molar-refractivity contribution in [3.63, 3.8) is 0 Å². The van der Waals surface area contributed by atoms with Crippen molar-refractivity contribution >= 4 is 11.6 Å². The molecule has 1 saturated carbocycles. The smallest absolute Gasteiger partial charge is 0.275 e. The predicted octanol–water partition coefficient (Wildman–Crippen LogP) is 2.07. The molecular weight excluding hydrogens is 236 g/mol. The molecular formula is C12H14N2O4. The molecule has 0 atom stereocenters. The van der Waals surface area contributed by atoms with E-state index in [1.165, 1.54) is 13.2 Å². The average Bonchev–Trinajstić information content (AvgIpc) is 3.13. The van der Waals surface area contributed by atoms with Crippen LogP contribution in [0.4, 0.5) is 5.69 Å². The number of carbonyl (C=O) groups is 1. The highest BCUT2D eigenvalue weighted by atomic mass is 16.6. The fourth-order valence-corrected chi connectivity index (χ4v) is 2.03. The topological polar surface area (TPSA) is 81.5 Å². The van der Waals surface area contributed by atoms with E-state index in [0.717, 1.165) is 24.0 Å². The first-order valence-electron chi connectivity index (χ1n) is 5.67. The molecule has 0 unspecified atom stereocenters. The van der Waals surface area contributed by atoms with Crippen LogP contribution in [-0.2, 0) is 4.84 Å². The van der Waals surface area contributed by atoms with Crippen LogP contribution in [0.1, 0.15) is 40.2 Å². The molecule has 0 saturated heterocycles. The van der Waals surface area contributed by atoms with Crippen LogP contribution < -0.4 is 5.48 Å². The summed E-state index contributed by atoms with van der Waals surface area (Å²) in [4.78, 5) is 26.7. The van der Waals surface area contributed by atoms with Crippen molar-refractivity contribution in [2.24, 2.45) is 0 Å². The van der Waals surface area contributed by atoms with Crippen molar-refractivity contribution in [2.75, 3.05) is 7.11 Å². The van der Waals surface area contributed by atoms with E-state index in [-0.39, 0.29) is 5.69 Å². The third-order valence-corrected chi connectivity index (χ3v) is 3.10. The van der Waals surface area contributed by atoms with Gasteiger partial charge in [-0.15, -0.1) is 0 Å². The first-order chi connectivity index (χ1) is 8.54. The van der Waals surface area contributed by atoms with E-state index in [9.17, 15) is 14.9 Å². The molecule has 1 amide bonds. The average molecular weight is 250 g/mol. The maximum atomic E-state index is 11.8. The van der Waals surface area contributed by atoms with E-state index in [0.29, 0.717) is 11.5 Å². The summed E-state index contributed by atoms with van der Waals surface area (Å²) in [6, 6.07) is 2.85. The van der Waals surface area contributed by atoms with E-state index in [1.807, 2.05) is 6.92 Å². The maximum absolute atomic E-state index is 11.8. The zero-order valence-corrected chi connectivity index (χ0v) is 10.2. The van der Waals surface area contributed by atoms with Crippen LogP contribution in [0.25, 0.3) is 0 Å². The molecule has 1 N–H and O–H groups in total. The van der Waals surface area contributed by atoms with Crippen LogP contribution in [0.5, 0.6) is 0 Å². The standard InChI is InChI=1S/C12H14N2O4/c1-7-10(8-3-4-8)5-9(14(16)17)6-11(7)12(15)13-18-2/h5-6,8H,3-4H2,1-2H3,(H,13,15). The number of nitro benzene ring substituents is 1. The first kappa shape index (κ1) is 12.5. The third-order valence-electron chi connectivity index (χ3n) is 3.10. The van der Waals surface area contributed by atoms with Crippen LogP contribution in [0.15, 0.2) is 12.1 Å². The summed E-state index contributed by atoms with van der Waals surface area (Å²) in [6.45, 7) is 1.81. The van der Waals surface area contributed by atoms with Crippen molar-refractivity contribution in [2.45, 2.75) is 25.7 Å². The Kier molecular flexibility index (Phi) is 3.29. The lowest BCUT2D eigenvalue weighted by Gasteiger charge is -2.10. The number of non-ortho nitro benzene ring substituents is 1. The lowest BCUT2D eigenvalue weighted by atomic mass is 9.97. The number of amides is 1. The minimum atomic E-state index is -0.477. The third kappa shape index (κ3) is 2.33. The molecule has 18 heavy (non-hydrogen) atoms. The molecule has 1 aromatic rings. The van der Waals surface area contributed by atoms with Crippen molar-refractivity contribution in [3.8, 4) is 0 Å². The van der Waals surface area contributed by atoms with Gasteiger partial charge in [0.25, 0.3) is 11.6 Å². The zero-order chi connectivity index (χ0) is 13.3. The fourth-order valence-electron chi connectivity index (χ4n) is 2.03. The number of hydrogen-bond donors (Lipinski definition) is 1. The Morgan fingerprint density at radius 3 is 2.67 bits per heavy atom. The lowest BCUT2D eigenvalue weighted by Crippen LogP contribution is -2.23. The molecule has 6 nitrogen and oxygen atoms in total. The van der Waals surface area contributed by atoms with Gasteiger partial charge in [-0.3, -0.25) is 19.7 Å². The van der Waals surface area contributed by atoms with E-state index in [4.69, 9.17) is 0 Å². The zero-order valence-electron chi connectivity index (χ0n) is 10.2. The van der Waals surface area contributed by atoms with E-state index >= 15 is 0 Å². The molecule has 1 aromatic carbocycles. The van der Waals surface area contributed by atoms with Crippen molar-refractivity contribution in [1.82, 2.24) is 5.48 Å². The molecule has 0 heterocycles. The van der Waals surface area contributed by atoms with E-state index in [1.54, 1.807) is 6.07 Å². The highest BCUT2D eigenvalue weighted by molar-refractivity contribution is 5.96. The van der Waals surface area contributed by atoms with Gasteiger partial charge < -0.3 is 0 Å². The number of hydrogen-bond acceptors (Lipinski definition) is 4. The van der Waals surface area contributed by atoms with Crippen LogP contribution in [-0.4, -0.2) is 17.9 Å². The molecule has 0 bridgehead atoms. The van der Waals surface area contributed by atoms with Gasteiger partial charge in [0.15, 0.2) is 0 Å². The number of benzene rings is 1. The monoisotopic (exact) mass is 250 g/mol. The molecule has 0 aliphatic heterocycles. The molecule has 0 aromatic heterocycles. The Morgan fingerprint density at radius 2 is 2.17 bits per heavy atom. The molecule has 2 rings (SSSR count). The van der Waals surface area contributed by atoms with Crippen molar-refractivity contribution in [1.29, 1.82) is 0 Å². The number of nitrogens with zero attached hydrogens (tertiary/aromatic N) is 1. The molecule has 0 spiro atoms. The number of rotatable bonds is 4. The number of hydroxylamine groups is 1. The molecule has 1 aliphatic carbocycles. The minimum Gasteiger partial charge on any atom is -0.277 e. The fraction of sp³-hybridized carbons (Fsp3) is 0.417. The van der Waals surface area contributed by atoms with Gasteiger partial charge in [0.2, 0.25) is 0 Å². The van der Waals surface area contributed by atoms with Crippen molar-refractivity contribution in [3.05, 3.63) is 38.9 Å². The second-order valence-electron chi connectivity index (χ2n) is 4.37. The molecule has 6 heteroatoms. The highest BCUT2D eigenvalue weighted by Gasteiger charge is 2.29. The minimum absolute atomic E-state index is 0.0521. The summed E-state index contributed by atoms with van der Waals surface area (Å²) in [5.74, 6) is -0.111. The van der Waals surface area contributed by atoms with Crippen molar-refractivity contribution < 1.29 is 14.6 Å². The molecule has 1 aliphatic rings.